The molecule has 1 fully saturated rings. The molecule has 1 amide bonds. The van der Waals surface area contributed by atoms with E-state index in [0.29, 0.717) is 28.9 Å². The molecule has 1 aliphatic rings. The van der Waals surface area contributed by atoms with Crippen molar-refractivity contribution in [2.75, 3.05) is 48.4 Å². The van der Waals surface area contributed by atoms with Crippen LogP contribution in [0.2, 0.25) is 10.0 Å². The molecule has 1 saturated heterocycles. The van der Waals surface area contributed by atoms with Crippen LogP contribution in [0.4, 0.5) is 17.1 Å². The highest BCUT2D eigenvalue weighted by atomic mass is 35.5. The van der Waals surface area contributed by atoms with Crippen LogP contribution >= 0.6 is 23.2 Å². The van der Waals surface area contributed by atoms with E-state index in [1.54, 1.807) is 12.1 Å². The molecule has 1 aliphatic heterocycles. The number of hydrogen-bond acceptors (Lipinski definition) is 4. The lowest BCUT2D eigenvalue weighted by molar-refractivity contribution is -0.114. The molecule has 0 spiro atoms. The lowest BCUT2D eigenvalue weighted by atomic mass is 10.2. The zero-order valence-electron chi connectivity index (χ0n) is 14.5. The average molecular weight is 394 g/mol. The number of carbonyl (C=O) groups is 1. The van der Waals surface area contributed by atoms with Crippen LogP contribution in [0.1, 0.15) is 5.56 Å². The number of carbonyl (C=O) groups excluding carboxylic acids is 1. The molecule has 0 radical (unpaired) electrons. The summed E-state index contributed by atoms with van der Waals surface area (Å²) in [4.78, 5) is 14.6. The summed E-state index contributed by atoms with van der Waals surface area (Å²) in [5.74, 6) is -0.150. The van der Waals surface area contributed by atoms with Gasteiger partial charge < -0.3 is 20.3 Å². The van der Waals surface area contributed by atoms with Crippen molar-refractivity contribution in [3.8, 4) is 0 Å². The summed E-state index contributed by atoms with van der Waals surface area (Å²) in [5.41, 5.74) is 3.52. The molecule has 5 nitrogen and oxygen atoms in total. The number of aryl methyl sites for hydroxylation is 1. The number of halogens is 2. The van der Waals surface area contributed by atoms with E-state index in [1.807, 2.05) is 31.2 Å². The van der Waals surface area contributed by atoms with Gasteiger partial charge in [-0.25, -0.2) is 0 Å². The molecule has 0 aromatic heterocycles. The van der Waals surface area contributed by atoms with Gasteiger partial charge in [-0.05, 0) is 42.8 Å². The van der Waals surface area contributed by atoms with Gasteiger partial charge in [0.05, 0.1) is 31.1 Å². The summed E-state index contributed by atoms with van der Waals surface area (Å²) in [7, 11) is 0. The molecular weight excluding hydrogens is 373 g/mol. The van der Waals surface area contributed by atoms with Gasteiger partial charge in [0.1, 0.15) is 0 Å². The van der Waals surface area contributed by atoms with Gasteiger partial charge in [0, 0.05) is 28.8 Å². The quantitative estimate of drug-likeness (QED) is 0.799. The van der Waals surface area contributed by atoms with Gasteiger partial charge in [-0.3, -0.25) is 4.79 Å². The van der Waals surface area contributed by atoms with Crippen LogP contribution in [0.15, 0.2) is 36.4 Å². The van der Waals surface area contributed by atoms with Crippen molar-refractivity contribution in [3.05, 3.63) is 52.0 Å². The highest BCUT2D eigenvalue weighted by Crippen LogP contribution is 2.30. The van der Waals surface area contributed by atoms with E-state index in [0.717, 1.165) is 30.0 Å². The average Bonchev–Trinajstić information content (AvgIpc) is 2.64. The van der Waals surface area contributed by atoms with Crippen LogP contribution in [0.5, 0.6) is 0 Å². The Morgan fingerprint density at radius 3 is 2.46 bits per heavy atom. The van der Waals surface area contributed by atoms with Crippen molar-refractivity contribution in [1.82, 2.24) is 0 Å². The molecule has 7 heteroatoms. The van der Waals surface area contributed by atoms with Gasteiger partial charge in [0.15, 0.2) is 0 Å². The number of morpholine rings is 1. The molecule has 138 valence electrons. The first-order valence-corrected chi connectivity index (χ1v) is 9.20. The standard InChI is InChI=1S/C19H21Cl2N3O2/c1-13-2-3-14(20)10-16(13)23-19(25)12-22-17-11-15(21)4-5-18(17)24-6-8-26-9-7-24/h2-5,10-11,22H,6-9,12H2,1H3,(H,23,25). The number of nitrogens with one attached hydrogen (secondary N) is 2. The maximum Gasteiger partial charge on any atom is 0.243 e. The number of amides is 1. The molecule has 26 heavy (non-hydrogen) atoms. The molecule has 0 bridgehead atoms. The number of benzene rings is 2. The van der Waals surface area contributed by atoms with Crippen molar-refractivity contribution < 1.29 is 9.53 Å². The molecule has 0 aliphatic carbocycles. The predicted molar refractivity (Wildman–Crippen MR) is 108 cm³/mol. The first kappa shape index (κ1) is 18.8. The maximum atomic E-state index is 12.3. The molecule has 1 heterocycles. The third kappa shape index (κ3) is 4.81. The zero-order chi connectivity index (χ0) is 18.5. The van der Waals surface area contributed by atoms with Crippen LogP contribution in [0.25, 0.3) is 0 Å². The van der Waals surface area contributed by atoms with Gasteiger partial charge in [0.25, 0.3) is 0 Å². The van der Waals surface area contributed by atoms with Crippen molar-refractivity contribution in [1.29, 1.82) is 0 Å². The van der Waals surface area contributed by atoms with E-state index < -0.39 is 0 Å². The Balaban J connectivity index is 1.67. The van der Waals surface area contributed by atoms with Crippen LogP contribution in [-0.2, 0) is 9.53 Å². The minimum absolute atomic E-state index is 0.129. The Morgan fingerprint density at radius 1 is 1.08 bits per heavy atom. The van der Waals surface area contributed by atoms with E-state index in [2.05, 4.69) is 15.5 Å². The summed E-state index contributed by atoms with van der Waals surface area (Å²) < 4.78 is 5.41. The fourth-order valence-corrected chi connectivity index (χ4v) is 3.17. The topological polar surface area (TPSA) is 53.6 Å². The molecule has 2 aromatic rings. The zero-order valence-corrected chi connectivity index (χ0v) is 16.0. The summed E-state index contributed by atoms with van der Waals surface area (Å²) >= 11 is 12.1. The van der Waals surface area contributed by atoms with Gasteiger partial charge in [-0.2, -0.15) is 0 Å². The number of ether oxygens (including phenoxy) is 1. The van der Waals surface area contributed by atoms with Crippen LogP contribution in [-0.4, -0.2) is 38.8 Å². The Bertz CT molecular complexity index is 792. The molecular formula is C19H21Cl2N3O2. The van der Waals surface area contributed by atoms with E-state index in [9.17, 15) is 4.79 Å². The van der Waals surface area contributed by atoms with E-state index in [1.165, 1.54) is 0 Å². The number of anilines is 3. The third-order valence-electron chi connectivity index (χ3n) is 4.22. The van der Waals surface area contributed by atoms with Gasteiger partial charge in [0.2, 0.25) is 5.91 Å². The first-order valence-electron chi connectivity index (χ1n) is 8.45. The largest absolute Gasteiger partial charge is 0.378 e. The summed E-state index contributed by atoms with van der Waals surface area (Å²) in [6.07, 6.45) is 0. The van der Waals surface area contributed by atoms with Crippen molar-refractivity contribution in [2.24, 2.45) is 0 Å². The smallest absolute Gasteiger partial charge is 0.243 e. The fourth-order valence-electron chi connectivity index (χ4n) is 2.83. The van der Waals surface area contributed by atoms with Gasteiger partial charge in [-0.15, -0.1) is 0 Å². The van der Waals surface area contributed by atoms with E-state index in [-0.39, 0.29) is 12.5 Å². The molecule has 3 rings (SSSR count). The van der Waals surface area contributed by atoms with Gasteiger partial charge in [-0.1, -0.05) is 29.3 Å². The highest BCUT2D eigenvalue weighted by Gasteiger charge is 2.16. The second-order valence-corrected chi connectivity index (χ2v) is 6.99. The highest BCUT2D eigenvalue weighted by molar-refractivity contribution is 6.31. The third-order valence-corrected chi connectivity index (χ3v) is 4.69. The molecule has 2 N–H and O–H groups in total. The minimum atomic E-state index is -0.150. The van der Waals surface area contributed by atoms with Crippen molar-refractivity contribution >= 4 is 46.2 Å². The fraction of sp³-hybridized carbons (Fsp3) is 0.316. The molecule has 0 unspecified atom stereocenters. The molecule has 2 aromatic carbocycles. The second kappa shape index (κ2) is 8.62. The Morgan fingerprint density at radius 2 is 1.73 bits per heavy atom. The maximum absolute atomic E-state index is 12.3. The van der Waals surface area contributed by atoms with Crippen LogP contribution in [0.3, 0.4) is 0 Å². The first-order chi connectivity index (χ1) is 12.5. The number of nitrogens with zero attached hydrogens (tertiary/aromatic N) is 1. The SMILES string of the molecule is Cc1ccc(Cl)cc1NC(=O)CNc1cc(Cl)ccc1N1CCOCC1. The van der Waals surface area contributed by atoms with Gasteiger partial charge >= 0.3 is 0 Å². The van der Waals surface area contributed by atoms with Crippen LogP contribution < -0.4 is 15.5 Å². The van der Waals surface area contributed by atoms with E-state index in [4.69, 9.17) is 27.9 Å². The minimum Gasteiger partial charge on any atom is -0.378 e. The summed E-state index contributed by atoms with van der Waals surface area (Å²) in [6.45, 7) is 5.05. The Hall–Kier alpha value is -1.95. The normalized spacial score (nSPS) is 14.2. The second-order valence-electron chi connectivity index (χ2n) is 6.12. The Kier molecular flexibility index (Phi) is 6.25. The molecule has 0 saturated carbocycles. The van der Waals surface area contributed by atoms with E-state index >= 15 is 0 Å². The lowest BCUT2D eigenvalue weighted by Crippen LogP contribution is -2.36. The monoisotopic (exact) mass is 393 g/mol. The summed E-state index contributed by atoms with van der Waals surface area (Å²) in [6, 6.07) is 11.1. The Labute approximate surface area is 163 Å². The predicted octanol–water partition coefficient (Wildman–Crippen LogP) is 4.19. The van der Waals surface area contributed by atoms with Crippen molar-refractivity contribution in [3.63, 3.8) is 0 Å². The number of rotatable bonds is 5. The summed E-state index contributed by atoms with van der Waals surface area (Å²) in [5, 5.41) is 7.28. The lowest BCUT2D eigenvalue weighted by Gasteiger charge is -2.30. The van der Waals surface area contributed by atoms with Crippen molar-refractivity contribution in [2.45, 2.75) is 6.92 Å². The molecule has 0 atom stereocenters. The van der Waals surface area contributed by atoms with Crippen LogP contribution in [0, 0.1) is 6.92 Å². The number of hydrogen-bond donors (Lipinski definition) is 2.